The lowest BCUT2D eigenvalue weighted by molar-refractivity contribution is -0.141. The van der Waals surface area contributed by atoms with Crippen molar-refractivity contribution >= 4 is 39.7 Å². The van der Waals surface area contributed by atoms with E-state index in [0.29, 0.717) is 6.54 Å². The number of carboxylic acid groups (broad SMARTS) is 1. The van der Waals surface area contributed by atoms with Crippen LogP contribution in [0, 0.1) is 0 Å². The third-order valence-electron chi connectivity index (χ3n) is 2.54. The van der Waals surface area contributed by atoms with Gasteiger partial charge in [0, 0.05) is 19.6 Å². The van der Waals surface area contributed by atoms with Crippen molar-refractivity contribution in [2.24, 2.45) is 0 Å². The number of hydrogen-bond donors (Lipinski definition) is 2. The predicted octanol–water partition coefficient (Wildman–Crippen LogP) is 0.217. The maximum Gasteiger partial charge on any atom is 0.323 e. The van der Waals surface area contributed by atoms with Crippen LogP contribution >= 0.6 is 23.7 Å². The molecule has 18 heavy (non-hydrogen) atoms. The number of nitrogens with zero attached hydrogens (tertiary/aromatic N) is 1. The fourth-order valence-electron chi connectivity index (χ4n) is 1.71. The van der Waals surface area contributed by atoms with E-state index >= 15 is 0 Å². The highest BCUT2D eigenvalue weighted by molar-refractivity contribution is 7.91. The van der Waals surface area contributed by atoms with E-state index in [1.165, 1.54) is 6.07 Å². The molecule has 0 spiro atoms. The van der Waals surface area contributed by atoms with Gasteiger partial charge in [0.15, 0.2) is 0 Å². The zero-order chi connectivity index (χ0) is 12.5. The smallest absolute Gasteiger partial charge is 0.323 e. The summed E-state index contributed by atoms with van der Waals surface area (Å²) >= 11 is 1.09. The van der Waals surface area contributed by atoms with Crippen LogP contribution in [0.25, 0.3) is 0 Å². The zero-order valence-electron chi connectivity index (χ0n) is 9.27. The molecule has 9 heteroatoms. The molecular weight excluding hydrogens is 300 g/mol. The van der Waals surface area contributed by atoms with Gasteiger partial charge in [-0.25, -0.2) is 8.42 Å². The molecular formula is C9H13ClN2O4S2. The van der Waals surface area contributed by atoms with Crippen LogP contribution in [0.2, 0.25) is 0 Å². The van der Waals surface area contributed by atoms with Gasteiger partial charge >= 0.3 is 5.97 Å². The highest BCUT2D eigenvalue weighted by Crippen LogP contribution is 2.23. The molecule has 1 aromatic rings. The first-order valence-corrected chi connectivity index (χ1v) is 7.34. The predicted molar refractivity (Wildman–Crippen MR) is 69.8 cm³/mol. The topological polar surface area (TPSA) is 86.7 Å². The Morgan fingerprint density at radius 1 is 1.56 bits per heavy atom. The van der Waals surface area contributed by atoms with Gasteiger partial charge in [-0.3, -0.25) is 4.79 Å². The minimum Gasteiger partial charge on any atom is -0.480 e. The van der Waals surface area contributed by atoms with Crippen molar-refractivity contribution in [2.75, 3.05) is 19.6 Å². The van der Waals surface area contributed by atoms with Crippen molar-refractivity contribution in [1.29, 1.82) is 0 Å². The number of hydrogen-bond acceptors (Lipinski definition) is 5. The Kier molecular flexibility index (Phi) is 5.11. The first kappa shape index (κ1) is 15.4. The molecule has 102 valence electrons. The summed E-state index contributed by atoms with van der Waals surface area (Å²) in [7, 11) is -3.68. The second kappa shape index (κ2) is 5.98. The molecule has 1 aliphatic rings. The summed E-state index contributed by atoms with van der Waals surface area (Å²) in [5.41, 5.74) is 0. The fraction of sp³-hybridized carbons (Fsp3) is 0.444. The minimum absolute atomic E-state index is 0. The molecule has 1 unspecified atom stereocenters. The van der Waals surface area contributed by atoms with Gasteiger partial charge in [-0.2, -0.15) is 4.31 Å². The maximum atomic E-state index is 12.2. The van der Waals surface area contributed by atoms with Gasteiger partial charge in [0.25, 0.3) is 10.0 Å². The van der Waals surface area contributed by atoms with Crippen LogP contribution < -0.4 is 5.32 Å². The summed E-state index contributed by atoms with van der Waals surface area (Å²) in [5.74, 6) is -1.13. The number of aliphatic carboxylic acids is 1. The van der Waals surface area contributed by atoms with Crippen molar-refractivity contribution in [2.45, 2.75) is 10.3 Å². The Morgan fingerprint density at radius 2 is 2.28 bits per heavy atom. The highest BCUT2D eigenvalue weighted by atomic mass is 35.5. The van der Waals surface area contributed by atoms with E-state index < -0.39 is 22.0 Å². The van der Waals surface area contributed by atoms with Gasteiger partial charge < -0.3 is 10.4 Å². The molecule has 2 N–H and O–H groups in total. The van der Waals surface area contributed by atoms with E-state index in [2.05, 4.69) is 5.32 Å². The SMILES string of the molecule is Cl.O=C(O)C1CNCCN1S(=O)(=O)c1cccs1. The van der Waals surface area contributed by atoms with E-state index in [1.807, 2.05) is 0 Å². The van der Waals surface area contributed by atoms with E-state index in [4.69, 9.17) is 5.11 Å². The van der Waals surface area contributed by atoms with Crippen molar-refractivity contribution in [3.8, 4) is 0 Å². The first-order valence-electron chi connectivity index (χ1n) is 5.02. The number of sulfonamides is 1. The summed E-state index contributed by atoms with van der Waals surface area (Å²) in [4.78, 5) is 11.0. The number of thiophene rings is 1. The summed E-state index contributed by atoms with van der Waals surface area (Å²) in [6.45, 7) is 0.783. The third kappa shape index (κ3) is 2.83. The van der Waals surface area contributed by atoms with Gasteiger partial charge in [0.05, 0.1) is 0 Å². The van der Waals surface area contributed by atoms with Crippen LogP contribution in [0.5, 0.6) is 0 Å². The number of rotatable bonds is 3. The summed E-state index contributed by atoms with van der Waals surface area (Å²) in [6, 6.07) is 2.09. The molecule has 0 aliphatic carbocycles. The van der Waals surface area contributed by atoms with E-state index in [9.17, 15) is 13.2 Å². The lowest BCUT2D eigenvalue weighted by Gasteiger charge is -2.31. The maximum absolute atomic E-state index is 12.2. The van der Waals surface area contributed by atoms with Gasteiger partial charge in [-0.15, -0.1) is 23.7 Å². The average molecular weight is 313 g/mol. The van der Waals surface area contributed by atoms with E-state index in [1.54, 1.807) is 11.4 Å². The molecule has 1 saturated heterocycles. The zero-order valence-corrected chi connectivity index (χ0v) is 11.7. The lowest BCUT2D eigenvalue weighted by Crippen LogP contribution is -2.56. The Morgan fingerprint density at radius 3 is 2.83 bits per heavy atom. The molecule has 2 heterocycles. The van der Waals surface area contributed by atoms with Gasteiger partial charge in [-0.1, -0.05) is 6.07 Å². The van der Waals surface area contributed by atoms with Crippen LogP contribution in [0.3, 0.4) is 0 Å². The number of carboxylic acids is 1. The molecule has 0 amide bonds. The van der Waals surface area contributed by atoms with Crippen LogP contribution in [0.1, 0.15) is 0 Å². The normalized spacial score (nSPS) is 21.2. The van der Waals surface area contributed by atoms with Gasteiger partial charge in [0.2, 0.25) is 0 Å². The van der Waals surface area contributed by atoms with E-state index in [-0.39, 0.29) is 29.7 Å². The number of carbonyl (C=O) groups is 1. The summed E-state index contributed by atoms with van der Waals surface area (Å²) in [6.07, 6.45) is 0. The molecule has 1 aliphatic heterocycles. The van der Waals surface area contributed by atoms with Crippen molar-refractivity contribution in [3.63, 3.8) is 0 Å². The highest BCUT2D eigenvalue weighted by Gasteiger charge is 2.37. The largest absolute Gasteiger partial charge is 0.480 e. The van der Waals surface area contributed by atoms with Crippen LogP contribution in [0.15, 0.2) is 21.7 Å². The molecule has 2 rings (SSSR count). The second-order valence-corrected chi connectivity index (χ2v) is 6.67. The number of piperazine rings is 1. The monoisotopic (exact) mass is 312 g/mol. The molecule has 1 atom stereocenters. The molecule has 1 aromatic heterocycles. The van der Waals surface area contributed by atoms with Crippen LogP contribution in [-0.2, 0) is 14.8 Å². The molecule has 0 bridgehead atoms. The van der Waals surface area contributed by atoms with Crippen molar-refractivity contribution in [3.05, 3.63) is 17.5 Å². The quantitative estimate of drug-likeness (QED) is 0.833. The van der Waals surface area contributed by atoms with Gasteiger partial charge in [0.1, 0.15) is 10.3 Å². The second-order valence-electron chi connectivity index (χ2n) is 3.61. The Hall–Kier alpha value is -0.670. The molecule has 6 nitrogen and oxygen atoms in total. The van der Waals surface area contributed by atoms with Crippen molar-refractivity contribution in [1.82, 2.24) is 9.62 Å². The summed E-state index contributed by atoms with van der Waals surface area (Å²) in [5, 5.41) is 13.6. The molecule has 1 fully saturated rings. The first-order chi connectivity index (χ1) is 8.03. The molecule has 0 radical (unpaired) electrons. The van der Waals surface area contributed by atoms with Crippen LogP contribution in [-0.4, -0.2) is 49.5 Å². The standard InChI is InChI=1S/C9H12N2O4S2.ClH/c12-9(13)7-6-10-3-4-11(7)17(14,15)8-2-1-5-16-8;/h1-2,5,7,10H,3-4,6H2,(H,12,13);1H. The Bertz CT molecular complexity index is 503. The minimum atomic E-state index is -3.68. The molecule has 0 saturated carbocycles. The van der Waals surface area contributed by atoms with Crippen LogP contribution in [0.4, 0.5) is 0 Å². The average Bonchev–Trinajstić information content (AvgIpc) is 2.83. The number of halogens is 1. The van der Waals surface area contributed by atoms with Gasteiger partial charge in [-0.05, 0) is 11.4 Å². The lowest BCUT2D eigenvalue weighted by atomic mass is 10.2. The number of nitrogens with one attached hydrogen (secondary N) is 1. The third-order valence-corrected chi connectivity index (χ3v) is 5.82. The fourth-order valence-corrected chi connectivity index (χ4v) is 4.41. The van der Waals surface area contributed by atoms with E-state index in [0.717, 1.165) is 15.6 Å². The summed E-state index contributed by atoms with van der Waals surface area (Å²) < 4.78 is 25.7. The molecule has 0 aromatic carbocycles. The Labute approximate surface area is 115 Å². The van der Waals surface area contributed by atoms with Crippen molar-refractivity contribution < 1.29 is 18.3 Å². The Balaban J connectivity index is 0.00000162.